The van der Waals surface area contributed by atoms with Crippen LogP contribution in [0.4, 0.5) is 19.2 Å². The van der Waals surface area contributed by atoms with Crippen molar-refractivity contribution < 1.29 is 27.8 Å². The van der Waals surface area contributed by atoms with Gasteiger partial charge in [-0.05, 0) is 93.8 Å². The number of allylic oxidation sites excluding steroid dienone is 3. The van der Waals surface area contributed by atoms with Gasteiger partial charge in [-0.1, -0.05) is 30.7 Å². The average Bonchev–Trinajstić information content (AvgIpc) is 3.34. The number of aliphatic hydroxyl groups is 2. The molecule has 1 aromatic heterocycles. The van der Waals surface area contributed by atoms with E-state index in [2.05, 4.69) is 10.3 Å². The molecule has 4 aliphatic rings. The zero-order valence-electron chi connectivity index (χ0n) is 22.0. The van der Waals surface area contributed by atoms with E-state index in [0.29, 0.717) is 36.8 Å². The molecule has 2 aromatic rings. The van der Waals surface area contributed by atoms with Gasteiger partial charge in [0.2, 0.25) is 0 Å². The van der Waals surface area contributed by atoms with Crippen LogP contribution in [-0.2, 0) is 0 Å². The number of nitrogens with two attached hydrogens (primary N) is 1. The number of halogens is 3. The smallest absolute Gasteiger partial charge is 0.413 e. The van der Waals surface area contributed by atoms with Gasteiger partial charge in [0, 0.05) is 16.9 Å². The Hall–Kier alpha value is -2.62. The minimum Gasteiger partial charge on any atom is -0.424 e. The third kappa shape index (κ3) is 4.38. The highest BCUT2D eigenvalue weighted by Crippen LogP contribution is 2.64. The number of nitrogens with zero attached hydrogens (tertiary/aromatic N) is 1. The highest BCUT2D eigenvalue weighted by molar-refractivity contribution is 5.83. The van der Waals surface area contributed by atoms with Crippen molar-refractivity contribution in [2.24, 2.45) is 17.3 Å². The van der Waals surface area contributed by atoms with Crippen molar-refractivity contribution >= 4 is 22.7 Å². The minimum absolute atomic E-state index is 0.0217. The van der Waals surface area contributed by atoms with Crippen molar-refractivity contribution in [3.63, 3.8) is 0 Å². The molecule has 0 radical (unpaired) electrons. The van der Waals surface area contributed by atoms with Gasteiger partial charge in [-0.3, -0.25) is 0 Å². The molecule has 9 heteroatoms. The van der Waals surface area contributed by atoms with E-state index in [9.17, 15) is 23.4 Å². The van der Waals surface area contributed by atoms with Gasteiger partial charge in [0.15, 0.2) is 5.58 Å². The molecule has 6 nitrogen and oxygen atoms in total. The molecule has 1 fully saturated rings. The number of anilines is 1. The summed E-state index contributed by atoms with van der Waals surface area (Å²) in [5, 5.41) is 25.1. The second-order valence-electron chi connectivity index (χ2n) is 11.4. The Morgan fingerprint density at radius 3 is 2.63 bits per heavy atom. The SMILES string of the molecule is CC12CC(C(F)(F)F)=C3C=C4CC(O)CCC4CC[C@]3(O)C1CC=C2c1ccc2oc(N)nc2c1.CNC. The van der Waals surface area contributed by atoms with E-state index < -0.39 is 28.9 Å². The first kappa shape index (κ1) is 27.0. The van der Waals surface area contributed by atoms with Gasteiger partial charge in [-0.2, -0.15) is 18.2 Å². The molecule has 0 saturated heterocycles. The largest absolute Gasteiger partial charge is 0.424 e. The summed E-state index contributed by atoms with van der Waals surface area (Å²) in [7, 11) is 3.75. The number of aromatic nitrogens is 1. The first-order chi connectivity index (χ1) is 17.9. The third-order valence-electron chi connectivity index (χ3n) is 8.96. The summed E-state index contributed by atoms with van der Waals surface area (Å²) in [5.41, 5.74) is 6.05. The summed E-state index contributed by atoms with van der Waals surface area (Å²) in [4.78, 5) is 4.18. The molecule has 1 heterocycles. The maximum absolute atomic E-state index is 14.6. The molecule has 6 rings (SSSR count). The molecule has 0 bridgehead atoms. The molecule has 38 heavy (non-hydrogen) atoms. The van der Waals surface area contributed by atoms with Gasteiger partial charge in [0.1, 0.15) is 5.52 Å². The molecule has 0 spiro atoms. The standard InChI is InChI=1S/C27H29F3N2O3.C2H7N/c1-25-13-20(27(28,29)30)19-11-16-10-17(33)4-2-14(16)8-9-26(19,34)23(25)7-5-18(25)15-3-6-22-21(12-15)32-24(31)35-22;1-3-2/h3,5-6,11-12,14,17,23,33-34H,2,4,7-10,13H2,1H3,(H2,31,32);3H,1-2H3/t14?,17?,23?,25?,26-;/m1./s1. The molecular weight excluding hydrogens is 495 g/mol. The molecule has 0 amide bonds. The quantitative estimate of drug-likeness (QED) is 0.386. The van der Waals surface area contributed by atoms with Crippen LogP contribution in [0.25, 0.3) is 16.7 Å². The van der Waals surface area contributed by atoms with Crippen LogP contribution in [0, 0.1) is 17.3 Å². The van der Waals surface area contributed by atoms with E-state index >= 15 is 0 Å². The van der Waals surface area contributed by atoms with Crippen LogP contribution in [0.5, 0.6) is 0 Å². The van der Waals surface area contributed by atoms with E-state index in [4.69, 9.17) is 10.2 Å². The van der Waals surface area contributed by atoms with Crippen LogP contribution in [-0.4, -0.2) is 47.2 Å². The molecule has 0 aliphatic heterocycles. The predicted molar refractivity (Wildman–Crippen MR) is 141 cm³/mol. The van der Waals surface area contributed by atoms with Crippen molar-refractivity contribution in [1.82, 2.24) is 10.3 Å². The minimum atomic E-state index is -4.57. The number of fused-ring (bicyclic) bond motifs is 5. The van der Waals surface area contributed by atoms with E-state index in [0.717, 1.165) is 23.1 Å². The molecular formula is C29H36F3N3O3. The van der Waals surface area contributed by atoms with Gasteiger partial charge >= 0.3 is 6.18 Å². The van der Waals surface area contributed by atoms with E-state index in [1.165, 1.54) is 0 Å². The highest BCUT2D eigenvalue weighted by atomic mass is 19.4. The molecule has 5 N–H and O–H groups in total. The Morgan fingerprint density at radius 2 is 1.92 bits per heavy atom. The van der Waals surface area contributed by atoms with Crippen LogP contribution in [0.1, 0.15) is 57.4 Å². The maximum atomic E-state index is 14.6. The van der Waals surface area contributed by atoms with Gasteiger partial charge in [0.05, 0.1) is 11.7 Å². The Labute approximate surface area is 220 Å². The van der Waals surface area contributed by atoms with Gasteiger partial charge in [-0.25, -0.2) is 0 Å². The Morgan fingerprint density at radius 1 is 1.18 bits per heavy atom. The number of aliphatic hydroxyl groups excluding tert-OH is 1. The number of benzene rings is 1. The second kappa shape index (κ2) is 9.54. The molecule has 4 unspecified atom stereocenters. The second-order valence-corrected chi connectivity index (χ2v) is 11.4. The van der Waals surface area contributed by atoms with Crippen LogP contribution >= 0.6 is 0 Å². The fourth-order valence-corrected chi connectivity index (χ4v) is 7.31. The lowest BCUT2D eigenvalue weighted by molar-refractivity contribution is -0.113. The zero-order valence-corrected chi connectivity index (χ0v) is 22.0. The lowest BCUT2D eigenvalue weighted by atomic mass is 9.56. The summed E-state index contributed by atoms with van der Waals surface area (Å²) < 4.78 is 49.1. The Kier molecular flexibility index (Phi) is 6.77. The predicted octanol–water partition coefficient (Wildman–Crippen LogP) is 5.53. The van der Waals surface area contributed by atoms with Crippen molar-refractivity contribution in [3.05, 3.63) is 52.6 Å². The molecule has 1 aromatic carbocycles. The summed E-state index contributed by atoms with van der Waals surface area (Å²) in [5.74, 6) is -0.277. The number of oxazole rings is 1. The van der Waals surface area contributed by atoms with Crippen LogP contribution in [0.2, 0.25) is 0 Å². The summed E-state index contributed by atoms with van der Waals surface area (Å²) in [6, 6.07) is 5.41. The van der Waals surface area contributed by atoms with E-state index in [1.807, 2.05) is 33.2 Å². The van der Waals surface area contributed by atoms with Crippen LogP contribution in [0.15, 0.2) is 51.5 Å². The number of hydrogen-bond acceptors (Lipinski definition) is 6. The Balaban J connectivity index is 0.000000937. The van der Waals surface area contributed by atoms with Gasteiger partial charge in [-0.15, -0.1) is 0 Å². The van der Waals surface area contributed by atoms with E-state index in [-0.39, 0.29) is 36.3 Å². The molecule has 206 valence electrons. The average molecular weight is 532 g/mol. The molecule has 5 atom stereocenters. The molecule has 4 aliphatic carbocycles. The monoisotopic (exact) mass is 531 g/mol. The first-order valence-corrected chi connectivity index (χ1v) is 13.3. The summed E-state index contributed by atoms with van der Waals surface area (Å²) in [6.45, 7) is 1.85. The lowest BCUT2D eigenvalue weighted by Gasteiger charge is -2.50. The number of nitrogens with one attached hydrogen (secondary N) is 1. The number of rotatable bonds is 1. The highest BCUT2D eigenvalue weighted by Gasteiger charge is 2.60. The third-order valence-corrected chi connectivity index (χ3v) is 8.96. The lowest BCUT2D eigenvalue weighted by Crippen LogP contribution is -2.51. The molecule has 1 saturated carbocycles. The van der Waals surface area contributed by atoms with Crippen LogP contribution < -0.4 is 11.1 Å². The van der Waals surface area contributed by atoms with Crippen molar-refractivity contribution in [2.75, 3.05) is 19.8 Å². The van der Waals surface area contributed by atoms with Crippen molar-refractivity contribution in [3.8, 4) is 0 Å². The summed E-state index contributed by atoms with van der Waals surface area (Å²) >= 11 is 0. The van der Waals surface area contributed by atoms with Crippen LogP contribution in [0.3, 0.4) is 0 Å². The fourth-order valence-electron chi connectivity index (χ4n) is 7.31. The maximum Gasteiger partial charge on any atom is 0.413 e. The number of nitrogen functional groups attached to an aromatic ring is 1. The van der Waals surface area contributed by atoms with Crippen molar-refractivity contribution in [2.45, 2.75) is 69.8 Å². The number of alkyl halides is 3. The van der Waals surface area contributed by atoms with Gasteiger partial charge < -0.3 is 25.7 Å². The zero-order chi connectivity index (χ0) is 27.5. The summed E-state index contributed by atoms with van der Waals surface area (Å²) in [6.07, 6.45) is 1.43. The van der Waals surface area contributed by atoms with Gasteiger partial charge in [0.25, 0.3) is 6.01 Å². The van der Waals surface area contributed by atoms with Crippen molar-refractivity contribution in [1.29, 1.82) is 0 Å². The first-order valence-electron chi connectivity index (χ1n) is 13.3. The Bertz CT molecular complexity index is 1330. The topological polar surface area (TPSA) is 105 Å². The van der Waals surface area contributed by atoms with E-state index in [1.54, 1.807) is 18.2 Å². The number of hydrogen-bond donors (Lipinski definition) is 4. The fraction of sp³-hybridized carbons (Fsp3) is 0.552. The normalized spacial score (nSPS) is 32.9.